The number of ether oxygens (including phenoxy) is 4. The Balaban J connectivity index is 1.49. The van der Waals surface area contributed by atoms with Crippen molar-refractivity contribution >= 4 is 29.5 Å². The van der Waals surface area contributed by atoms with Gasteiger partial charge in [-0.2, -0.15) is 0 Å². The van der Waals surface area contributed by atoms with Gasteiger partial charge in [-0.15, -0.1) is 0 Å². The van der Waals surface area contributed by atoms with Crippen LogP contribution in [0.1, 0.15) is 16.7 Å². The minimum Gasteiger partial charge on any atom is -0.493 e. The normalized spacial score (nSPS) is 14.1. The third-order valence-corrected chi connectivity index (χ3v) is 5.05. The van der Waals surface area contributed by atoms with Gasteiger partial charge in [0.25, 0.3) is 0 Å². The van der Waals surface area contributed by atoms with Gasteiger partial charge < -0.3 is 18.9 Å². The highest BCUT2D eigenvalue weighted by molar-refractivity contribution is 6.30. The van der Waals surface area contributed by atoms with E-state index in [-0.39, 0.29) is 18.2 Å². The maximum absolute atomic E-state index is 12.4. The molecule has 0 spiro atoms. The van der Waals surface area contributed by atoms with Crippen molar-refractivity contribution in [3.05, 3.63) is 94.1 Å². The molecule has 0 atom stereocenters. The number of aryl methyl sites for hydroxylation is 1. The van der Waals surface area contributed by atoms with Gasteiger partial charge in [-0.1, -0.05) is 41.4 Å². The lowest BCUT2D eigenvalue weighted by molar-refractivity contribution is -0.129. The molecule has 4 rings (SSSR count). The Kier molecular flexibility index (Phi) is 6.95. The Morgan fingerprint density at radius 2 is 1.70 bits per heavy atom. The minimum absolute atomic E-state index is 0.170. The Morgan fingerprint density at radius 1 is 0.939 bits per heavy atom. The molecule has 3 aromatic rings. The minimum atomic E-state index is -0.531. The number of halogens is 1. The summed E-state index contributed by atoms with van der Waals surface area (Å²) in [7, 11) is 1.59. The molecule has 0 bridgehead atoms. The summed E-state index contributed by atoms with van der Waals surface area (Å²) in [6.45, 7) is 2.54. The van der Waals surface area contributed by atoms with Crippen LogP contribution in [-0.4, -0.2) is 32.2 Å². The van der Waals surface area contributed by atoms with E-state index >= 15 is 0 Å². The van der Waals surface area contributed by atoms with E-state index in [9.17, 15) is 4.79 Å². The van der Waals surface area contributed by atoms with Gasteiger partial charge in [0, 0.05) is 16.1 Å². The van der Waals surface area contributed by atoms with Gasteiger partial charge in [-0.3, -0.25) is 0 Å². The molecule has 3 aromatic carbocycles. The third-order valence-electron chi connectivity index (χ3n) is 4.82. The van der Waals surface area contributed by atoms with Gasteiger partial charge in [-0.25, -0.2) is 9.79 Å². The highest BCUT2D eigenvalue weighted by atomic mass is 35.5. The first-order valence-electron chi connectivity index (χ1n) is 10.3. The topological polar surface area (TPSA) is 66.3 Å². The van der Waals surface area contributed by atoms with Crippen molar-refractivity contribution < 1.29 is 23.7 Å². The smallest absolute Gasteiger partial charge is 0.363 e. The molecule has 1 heterocycles. The number of cyclic esters (lactones) is 1. The number of carbonyl (C=O) groups is 1. The number of carbonyl (C=O) groups excluding carboxylic acids is 1. The SMILES string of the molecule is COc1ccccc1OCCOc1ccc(Cl)cc1/C=C1/N=C(c2cccc(C)c2)OC1=O. The van der Waals surface area contributed by atoms with E-state index in [1.807, 2.05) is 55.5 Å². The maximum atomic E-state index is 12.4. The van der Waals surface area contributed by atoms with E-state index in [1.54, 1.807) is 31.4 Å². The fourth-order valence-electron chi connectivity index (χ4n) is 3.26. The average Bonchev–Trinajstić information content (AvgIpc) is 3.18. The summed E-state index contributed by atoms with van der Waals surface area (Å²) in [6.07, 6.45) is 1.60. The van der Waals surface area contributed by atoms with Crippen LogP contribution in [0.5, 0.6) is 17.2 Å². The summed E-state index contributed by atoms with van der Waals surface area (Å²) in [5.74, 6) is 1.56. The molecule has 0 saturated carbocycles. The van der Waals surface area contributed by atoms with E-state index in [0.717, 1.165) is 11.1 Å². The largest absolute Gasteiger partial charge is 0.493 e. The second-order valence-electron chi connectivity index (χ2n) is 7.24. The van der Waals surface area contributed by atoms with Crippen molar-refractivity contribution in [3.8, 4) is 17.2 Å². The predicted octanol–water partition coefficient (Wildman–Crippen LogP) is 5.46. The molecule has 0 aliphatic carbocycles. The molecule has 7 heteroatoms. The molecule has 0 aromatic heterocycles. The lowest BCUT2D eigenvalue weighted by Crippen LogP contribution is -2.10. The zero-order chi connectivity index (χ0) is 23.2. The number of methoxy groups -OCH3 is 1. The lowest BCUT2D eigenvalue weighted by atomic mass is 10.1. The van der Waals surface area contributed by atoms with Gasteiger partial charge in [0.15, 0.2) is 17.2 Å². The number of rotatable bonds is 8. The van der Waals surface area contributed by atoms with E-state index in [0.29, 0.717) is 34.4 Å². The van der Waals surface area contributed by atoms with Crippen molar-refractivity contribution in [2.75, 3.05) is 20.3 Å². The van der Waals surface area contributed by atoms with Crippen molar-refractivity contribution in [2.24, 2.45) is 4.99 Å². The molecule has 33 heavy (non-hydrogen) atoms. The highest BCUT2D eigenvalue weighted by Gasteiger charge is 2.24. The summed E-state index contributed by atoms with van der Waals surface area (Å²) in [5.41, 5.74) is 2.57. The first-order chi connectivity index (χ1) is 16.0. The number of hydrogen-bond donors (Lipinski definition) is 0. The van der Waals surface area contributed by atoms with Crippen LogP contribution in [0.4, 0.5) is 0 Å². The van der Waals surface area contributed by atoms with Crippen LogP contribution < -0.4 is 14.2 Å². The van der Waals surface area contributed by atoms with Gasteiger partial charge in [-0.05, 0) is 55.5 Å². The zero-order valence-electron chi connectivity index (χ0n) is 18.2. The zero-order valence-corrected chi connectivity index (χ0v) is 19.0. The Hall–Kier alpha value is -3.77. The molecule has 0 unspecified atom stereocenters. The molecule has 1 aliphatic rings. The van der Waals surface area contributed by atoms with Gasteiger partial charge in [0.1, 0.15) is 19.0 Å². The quantitative estimate of drug-likeness (QED) is 0.252. The van der Waals surface area contributed by atoms with Crippen LogP contribution in [0.15, 0.2) is 77.4 Å². The van der Waals surface area contributed by atoms with Crippen LogP contribution >= 0.6 is 11.6 Å². The second-order valence-corrected chi connectivity index (χ2v) is 7.67. The highest BCUT2D eigenvalue weighted by Crippen LogP contribution is 2.29. The summed E-state index contributed by atoms with van der Waals surface area (Å²) >= 11 is 6.18. The van der Waals surface area contributed by atoms with Gasteiger partial charge in [0.05, 0.1) is 7.11 Å². The monoisotopic (exact) mass is 463 g/mol. The van der Waals surface area contributed by atoms with Crippen molar-refractivity contribution in [2.45, 2.75) is 6.92 Å². The Morgan fingerprint density at radius 3 is 2.45 bits per heavy atom. The van der Waals surface area contributed by atoms with Crippen LogP contribution in [0, 0.1) is 6.92 Å². The number of esters is 1. The number of benzene rings is 3. The fourth-order valence-corrected chi connectivity index (χ4v) is 3.44. The molecular formula is C26H22ClNO5. The van der Waals surface area contributed by atoms with Crippen LogP contribution in [0.25, 0.3) is 6.08 Å². The average molecular weight is 464 g/mol. The summed E-state index contributed by atoms with van der Waals surface area (Å²) < 4.78 is 22.3. The summed E-state index contributed by atoms with van der Waals surface area (Å²) in [6, 6.07) is 20.2. The molecular weight excluding hydrogens is 442 g/mol. The maximum Gasteiger partial charge on any atom is 0.363 e. The first kappa shape index (κ1) is 22.4. The molecule has 0 amide bonds. The fraction of sp³-hybridized carbons (Fsp3) is 0.154. The molecule has 168 valence electrons. The summed E-state index contributed by atoms with van der Waals surface area (Å²) in [4.78, 5) is 16.8. The Labute approximate surface area is 197 Å². The van der Waals surface area contributed by atoms with E-state index in [2.05, 4.69) is 4.99 Å². The van der Waals surface area contributed by atoms with Crippen LogP contribution in [0.2, 0.25) is 5.02 Å². The van der Waals surface area contributed by atoms with E-state index in [1.165, 1.54) is 0 Å². The summed E-state index contributed by atoms with van der Waals surface area (Å²) in [5, 5.41) is 0.508. The molecule has 1 aliphatic heterocycles. The standard InChI is InChI=1S/C26H22ClNO5/c1-17-6-5-7-18(14-17)25-28-21(26(29)33-25)16-19-15-20(27)10-11-22(19)31-12-13-32-24-9-4-3-8-23(24)30-2/h3-11,14-16H,12-13H2,1-2H3/b21-16+. The van der Waals surface area contributed by atoms with Crippen LogP contribution in [0.3, 0.4) is 0 Å². The first-order valence-corrected chi connectivity index (χ1v) is 10.7. The molecule has 0 N–H and O–H groups in total. The van der Waals surface area contributed by atoms with Gasteiger partial charge >= 0.3 is 5.97 Å². The number of aliphatic imine (C=N–C) groups is 1. The van der Waals surface area contributed by atoms with E-state index < -0.39 is 5.97 Å². The molecule has 0 fully saturated rings. The van der Waals surface area contributed by atoms with Crippen molar-refractivity contribution in [1.29, 1.82) is 0 Å². The number of para-hydroxylation sites is 2. The van der Waals surface area contributed by atoms with Gasteiger partial charge in [0.2, 0.25) is 5.90 Å². The molecule has 6 nitrogen and oxygen atoms in total. The predicted molar refractivity (Wildman–Crippen MR) is 127 cm³/mol. The molecule has 0 radical (unpaired) electrons. The number of nitrogens with zero attached hydrogens (tertiary/aromatic N) is 1. The number of hydrogen-bond acceptors (Lipinski definition) is 6. The second kappa shape index (κ2) is 10.2. The third kappa shape index (κ3) is 5.54. The van der Waals surface area contributed by atoms with Crippen LogP contribution in [-0.2, 0) is 9.53 Å². The Bertz CT molecular complexity index is 1230. The van der Waals surface area contributed by atoms with Crippen molar-refractivity contribution in [1.82, 2.24) is 0 Å². The van der Waals surface area contributed by atoms with E-state index in [4.69, 9.17) is 30.5 Å². The lowest BCUT2D eigenvalue weighted by Gasteiger charge is -2.12. The molecule has 0 saturated heterocycles. The van der Waals surface area contributed by atoms with Crippen molar-refractivity contribution in [3.63, 3.8) is 0 Å².